The van der Waals surface area contributed by atoms with Gasteiger partial charge in [-0.2, -0.15) is 0 Å². The molecular weight excluding hydrogens is 96.1 g/mol. The van der Waals surface area contributed by atoms with Gasteiger partial charge in [-0.15, -0.1) is 0 Å². The van der Waals surface area contributed by atoms with Crippen LogP contribution in [0.2, 0.25) is 0 Å². The van der Waals surface area contributed by atoms with Gasteiger partial charge in [0, 0.05) is 0 Å². The number of hydrogen-bond acceptors (Lipinski definition) is 0. The predicted octanol–water partition coefficient (Wildman–Crippen LogP) is 2.79. The molecule has 1 aliphatic rings. The van der Waals surface area contributed by atoms with E-state index in [0.29, 0.717) is 0 Å². The molecule has 1 radical (unpaired) electrons. The molecule has 0 heteroatoms. The van der Waals surface area contributed by atoms with Crippen molar-refractivity contribution in [3.05, 3.63) is 5.92 Å². The Bertz CT molecular complexity index is 58.4. The van der Waals surface area contributed by atoms with Crippen molar-refractivity contribution in [1.29, 1.82) is 0 Å². The lowest BCUT2D eigenvalue weighted by Crippen LogP contribution is -1.98. The molecule has 1 fully saturated rings. The van der Waals surface area contributed by atoms with Crippen LogP contribution in [0.15, 0.2) is 0 Å². The molecule has 8 heavy (non-hydrogen) atoms. The third kappa shape index (κ3) is 1.24. The third-order valence-corrected chi connectivity index (χ3v) is 2.06. The van der Waals surface area contributed by atoms with Crippen molar-refractivity contribution in [2.75, 3.05) is 0 Å². The molecule has 0 aliphatic heterocycles. The lowest BCUT2D eigenvalue weighted by atomic mass is 9.95. The van der Waals surface area contributed by atoms with Crippen molar-refractivity contribution < 1.29 is 0 Å². The van der Waals surface area contributed by atoms with Crippen LogP contribution >= 0.6 is 0 Å². The van der Waals surface area contributed by atoms with E-state index in [1.54, 1.807) is 5.92 Å². The minimum Gasteiger partial charge on any atom is -0.0622 e. The van der Waals surface area contributed by atoms with E-state index in [4.69, 9.17) is 0 Å². The summed E-state index contributed by atoms with van der Waals surface area (Å²) in [5.74, 6) is 2.66. The van der Waals surface area contributed by atoms with E-state index in [0.717, 1.165) is 5.92 Å². The summed E-state index contributed by atoms with van der Waals surface area (Å²) < 4.78 is 0. The van der Waals surface area contributed by atoms with Gasteiger partial charge >= 0.3 is 0 Å². The van der Waals surface area contributed by atoms with Gasteiger partial charge in [0.15, 0.2) is 0 Å². The molecule has 1 aliphatic carbocycles. The van der Waals surface area contributed by atoms with Crippen molar-refractivity contribution in [2.45, 2.75) is 39.5 Å². The molecule has 0 amide bonds. The van der Waals surface area contributed by atoms with Gasteiger partial charge < -0.3 is 0 Å². The smallest absolute Gasteiger partial charge is 0.0215 e. The molecule has 0 aromatic rings. The first-order chi connectivity index (χ1) is 3.80. The quantitative estimate of drug-likeness (QED) is 0.488. The molecule has 0 bridgehead atoms. The summed E-state index contributed by atoms with van der Waals surface area (Å²) >= 11 is 0. The minimum atomic E-state index is 0.859. The second kappa shape index (κ2) is 2.52. The molecule has 0 N–H and O–H groups in total. The maximum Gasteiger partial charge on any atom is -0.0215 e. The Morgan fingerprint density at radius 1 is 1.12 bits per heavy atom. The second-order valence-electron chi connectivity index (χ2n) is 3.02. The highest BCUT2D eigenvalue weighted by atomic mass is 14.2. The van der Waals surface area contributed by atoms with Crippen LogP contribution in [0.4, 0.5) is 0 Å². The van der Waals surface area contributed by atoms with Crippen LogP contribution in [0.25, 0.3) is 0 Å². The Morgan fingerprint density at radius 2 is 1.62 bits per heavy atom. The molecule has 1 saturated carbocycles. The molecule has 0 aromatic carbocycles. The van der Waals surface area contributed by atoms with Crippen LogP contribution in [-0.4, -0.2) is 0 Å². The molecule has 0 aromatic heterocycles. The Labute approximate surface area is 52.3 Å². The molecule has 1 rings (SSSR count). The molecule has 0 saturated heterocycles. The number of rotatable bonds is 1. The monoisotopic (exact) mass is 111 g/mol. The van der Waals surface area contributed by atoms with Crippen LogP contribution in [0.3, 0.4) is 0 Å². The third-order valence-electron chi connectivity index (χ3n) is 2.06. The second-order valence-corrected chi connectivity index (χ2v) is 3.02. The van der Waals surface area contributed by atoms with Crippen LogP contribution in [0.1, 0.15) is 39.5 Å². The average molecular weight is 111 g/mol. The summed E-state index contributed by atoms with van der Waals surface area (Å²) in [6, 6.07) is 0. The van der Waals surface area contributed by atoms with Gasteiger partial charge in [-0.3, -0.25) is 0 Å². The van der Waals surface area contributed by atoms with Crippen LogP contribution in [-0.2, 0) is 0 Å². The zero-order valence-electron chi connectivity index (χ0n) is 5.91. The first-order valence-corrected chi connectivity index (χ1v) is 3.65. The molecule has 0 heterocycles. The normalized spacial score (nSPS) is 22.9. The zero-order valence-corrected chi connectivity index (χ0v) is 5.91. The highest BCUT2D eigenvalue weighted by Crippen LogP contribution is 2.32. The molecule has 0 unspecified atom stereocenters. The van der Waals surface area contributed by atoms with E-state index in [1.165, 1.54) is 25.7 Å². The largest absolute Gasteiger partial charge is 0.0622 e. The fourth-order valence-corrected chi connectivity index (χ4v) is 1.41. The van der Waals surface area contributed by atoms with Gasteiger partial charge in [0.1, 0.15) is 0 Å². The Hall–Kier alpha value is 0. The van der Waals surface area contributed by atoms with Gasteiger partial charge in [-0.1, -0.05) is 26.7 Å². The minimum absolute atomic E-state index is 0.859. The van der Waals surface area contributed by atoms with E-state index < -0.39 is 0 Å². The fourth-order valence-electron chi connectivity index (χ4n) is 1.41. The number of hydrogen-bond donors (Lipinski definition) is 0. The van der Waals surface area contributed by atoms with E-state index >= 15 is 0 Å². The maximum absolute atomic E-state index is 2.31. The average Bonchev–Trinajstić information content (AvgIpc) is 2.12. The Kier molecular flexibility index (Phi) is 1.93. The van der Waals surface area contributed by atoms with E-state index in [-0.39, 0.29) is 0 Å². The van der Waals surface area contributed by atoms with Crippen molar-refractivity contribution in [3.63, 3.8) is 0 Å². The van der Waals surface area contributed by atoms with E-state index in [1.807, 2.05) is 0 Å². The summed E-state index contributed by atoms with van der Waals surface area (Å²) in [5.41, 5.74) is 0. The fraction of sp³-hybridized carbons (Fsp3) is 0.875. The molecule has 0 spiro atoms. The lowest BCUT2D eigenvalue weighted by Gasteiger charge is -2.10. The van der Waals surface area contributed by atoms with Crippen molar-refractivity contribution in [3.8, 4) is 0 Å². The first kappa shape index (κ1) is 6.12. The summed E-state index contributed by atoms with van der Waals surface area (Å²) in [6.45, 7) is 4.61. The van der Waals surface area contributed by atoms with Crippen LogP contribution in [0.5, 0.6) is 0 Å². The van der Waals surface area contributed by atoms with Crippen LogP contribution in [0, 0.1) is 11.8 Å². The highest BCUT2D eigenvalue weighted by Gasteiger charge is 2.17. The summed E-state index contributed by atoms with van der Waals surface area (Å²) in [4.78, 5) is 0. The van der Waals surface area contributed by atoms with Gasteiger partial charge in [-0.25, -0.2) is 0 Å². The van der Waals surface area contributed by atoms with Crippen molar-refractivity contribution in [1.82, 2.24) is 0 Å². The van der Waals surface area contributed by atoms with E-state index in [2.05, 4.69) is 13.8 Å². The molecular formula is C8H15. The van der Waals surface area contributed by atoms with Gasteiger partial charge in [0.2, 0.25) is 0 Å². The molecule has 0 nitrogen and oxygen atoms in total. The first-order valence-electron chi connectivity index (χ1n) is 3.65. The summed E-state index contributed by atoms with van der Waals surface area (Å²) in [7, 11) is 0. The SMILES string of the molecule is CC(C)[C]1CCCC1. The molecule has 0 atom stereocenters. The summed E-state index contributed by atoms with van der Waals surface area (Å²) in [5, 5.41) is 0. The topological polar surface area (TPSA) is 0 Å². The Balaban J connectivity index is 2.24. The standard InChI is InChI=1S/C8H15/c1-7(2)8-5-3-4-6-8/h7H,3-6H2,1-2H3. The van der Waals surface area contributed by atoms with Crippen molar-refractivity contribution >= 4 is 0 Å². The van der Waals surface area contributed by atoms with Gasteiger partial charge in [0.05, 0.1) is 0 Å². The molecule has 47 valence electrons. The maximum atomic E-state index is 2.31. The zero-order chi connectivity index (χ0) is 5.98. The van der Waals surface area contributed by atoms with Crippen LogP contribution < -0.4 is 0 Å². The predicted molar refractivity (Wildman–Crippen MR) is 36.5 cm³/mol. The lowest BCUT2D eigenvalue weighted by molar-refractivity contribution is 0.619. The van der Waals surface area contributed by atoms with Crippen molar-refractivity contribution in [2.24, 2.45) is 5.92 Å². The highest BCUT2D eigenvalue weighted by molar-refractivity contribution is 4.96. The summed E-state index contributed by atoms with van der Waals surface area (Å²) in [6.07, 6.45) is 5.73. The van der Waals surface area contributed by atoms with Gasteiger partial charge in [-0.05, 0) is 24.7 Å². The van der Waals surface area contributed by atoms with Gasteiger partial charge in [0.25, 0.3) is 0 Å². The van der Waals surface area contributed by atoms with E-state index in [9.17, 15) is 0 Å². The Morgan fingerprint density at radius 3 is 1.88 bits per heavy atom.